The average molecular weight is 335 g/mol. The molecule has 0 amide bonds. The van der Waals surface area contributed by atoms with Crippen LogP contribution in [-0.4, -0.2) is 19.0 Å². The molecular weight excluding hydrogens is 314 g/mol. The first-order valence-electron chi connectivity index (χ1n) is 6.20. The summed E-state index contributed by atoms with van der Waals surface area (Å²) in [6, 6.07) is 6.01. The van der Waals surface area contributed by atoms with Crippen LogP contribution in [0.5, 0.6) is 5.75 Å². The molecule has 4 heteroatoms. The molecule has 0 saturated carbocycles. The first-order valence-corrected chi connectivity index (χ1v) is 7.43. The number of methoxy groups -OCH3 is 1. The highest BCUT2D eigenvalue weighted by molar-refractivity contribution is 9.10. The third-order valence-electron chi connectivity index (χ3n) is 2.65. The molecule has 0 bridgehead atoms. The van der Waals surface area contributed by atoms with E-state index in [4.69, 9.17) is 16.3 Å². The number of benzene rings is 1. The Hall–Kier alpha value is -0.250. The lowest BCUT2D eigenvalue weighted by molar-refractivity contribution is 0.407. The van der Waals surface area contributed by atoms with Gasteiger partial charge in [0.05, 0.1) is 7.11 Å². The van der Waals surface area contributed by atoms with Gasteiger partial charge in [-0.2, -0.15) is 0 Å². The second kappa shape index (κ2) is 8.03. The maximum absolute atomic E-state index is 6.24. The lowest BCUT2D eigenvalue weighted by Crippen LogP contribution is -2.24. The van der Waals surface area contributed by atoms with Crippen molar-refractivity contribution in [3.8, 4) is 5.75 Å². The van der Waals surface area contributed by atoms with E-state index in [2.05, 4.69) is 41.2 Å². The van der Waals surface area contributed by atoms with E-state index in [0.717, 1.165) is 35.3 Å². The van der Waals surface area contributed by atoms with Crippen LogP contribution in [0.4, 0.5) is 0 Å². The van der Waals surface area contributed by atoms with E-state index in [9.17, 15) is 0 Å². The van der Waals surface area contributed by atoms with Crippen LogP contribution in [0, 0.1) is 5.92 Å². The molecule has 1 N–H and O–H groups in total. The van der Waals surface area contributed by atoms with E-state index in [0.29, 0.717) is 5.92 Å². The Morgan fingerprint density at radius 1 is 1.39 bits per heavy atom. The molecule has 2 nitrogen and oxygen atoms in total. The normalized spacial score (nSPS) is 12.8. The summed E-state index contributed by atoms with van der Waals surface area (Å²) in [6.45, 7) is 5.96. The van der Waals surface area contributed by atoms with Gasteiger partial charge in [-0.15, -0.1) is 11.6 Å². The van der Waals surface area contributed by atoms with Gasteiger partial charge in [0.2, 0.25) is 0 Å². The molecule has 1 aromatic rings. The molecule has 0 radical (unpaired) electrons. The van der Waals surface area contributed by atoms with Crippen LogP contribution < -0.4 is 10.1 Å². The van der Waals surface area contributed by atoms with Gasteiger partial charge < -0.3 is 10.1 Å². The second-order valence-corrected chi connectivity index (χ2v) is 6.35. The molecule has 0 saturated heterocycles. The van der Waals surface area contributed by atoms with E-state index in [1.165, 1.54) is 0 Å². The maximum atomic E-state index is 6.24. The predicted octanol–water partition coefficient (Wildman–Crippen LogP) is 4.20. The van der Waals surface area contributed by atoms with Gasteiger partial charge >= 0.3 is 0 Å². The number of nitrogens with one attached hydrogen (secondary N) is 1. The van der Waals surface area contributed by atoms with Crippen molar-refractivity contribution < 1.29 is 4.74 Å². The smallest absolute Gasteiger partial charge is 0.123 e. The predicted molar refractivity (Wildman–Crippen MR) is 81.5 cm³/mol. The van der Waals surface area contributed by atoms with Crippen molar-refractivity contribution in [2.75, 3.05) is 13.7 Å². The van der Waals surface area contributed by atoms with Gasteiger partial charge in [-0.25, -0.2) is 0 Å². The van der Waals surface area contributed by atoms with Crippen molar-refractivity contribution in [3.63, 3.8) is 0 Å². The summed E-state index contributed by atoms with van der Waals surface area (Å²) in [4.78, 5) is 0. The molecule has 0 aliphatic heterocycles. The number of halogens is 2. The SMILES string of the molecule is COc1ccc(Br)cc1CNCC(Cl)CC(C)C. The molecule has 18 heavy (non-hydrogen) atoms. The highest BCUT2D eigenvalue weighted by Crippen LogP contribution is 2.22. The third kappa shape index (κ3) is 5.59. The van der Waals surface area contributed by atoms with Crippen molar-refractivity contribution in [3.05, 3.63) is 28.2 Å². The quantitative estimate of drug-likeness (QED) is 0.755. The second-order valence-electron chi connectivity index (χ2n) is 4.81. The van der Waals surface area contributed by atoms with Crippen LogP contribution in [-0.2, 0) is 6.54 Å². The van der Waals surface area contributed by atoms with Gasteiger partial charge in [-0.1, -0.05) is 29.8 Å². The molecule has 0 aliphatic rings. The van der Waals surface area contributed by atoms with Gasteiger partial charge in [0.25, 0.3) is 0 Å². The third-order valence-corrected chi connectivity index (χ3v) is 3.48. The number of hydrogen-bond donors (Lipinski definition) is 1. The standard InChI is InChI=1S/C14H21BrClNO/c1-10(2)6-13(16)9-17-8-11-7-12(15)4-5-14(11)18-3/h4-5,7,10,13,17H,6,8-9H2,1-3H3. The molecule has 1 aromatic carbocycles. The molecular formula is C14H21BrClNO. The van der Waals surface area contributed by atoms with Crippen LogP contribution in [0.2, 0.25) is 0 Å². The maximum Gasteiger partial charge on any atom is 0.123 e. The molecule has 0 heterocycles. The summed E-state index contributed by atoms with van der Waals surface area (Å²) in [6.07, 6.45) is 1.03. The largest absolute Gasteiger partial charge is 0.496 e. The molecule has 0 fully saturated rings. The molecule has 0 aliphatic carbocycles. The lowest BCUT2D eigenvalue weighted by Gasteiger charge is -2.14. The summed E-state index contributed by atoms with van der Waals surface area (Å²) in [5.74, 6) is 1.54. The minimum Gasteiger partial charge on any atom is -0.496 e. The van der Waals surface area contributed by atoms with Crippen molar-refractivity contribution in [2.45, 2.75) is 32.2 Å². The van der Waals surface area contributed by atoms with E-state index < -0.39 is 0 Å². The van der Waals surface area contributed by atoms with Crippen LogP contribution in [0.1, 0.15) is 25.8 Å². The minimum atomic E-state index is 0.183. The van der Waals surface area contributed by atoms with Gasteiger partial charge in [0, 0.05) is 28.5 Å². The molecule has 1 rings (SSSR count). The van der Waals surface area contributed by atoms with Crippen LogP contribution in [0.3, 0.4) is 0 Å². The Morgan fingerprint density at radius 3 is 2.72 bits per heavy atom. The fourth-order valence-corrected chi connectivity index (χ4v) is 2.72. The fraction of sp³-hybridized carbons (Fsp3) is 0.571. The summed E-state index contributed by atoms with van der Waals surface area (Å²) in [5, 5.41) is 3.56. The first-order chi connectivity index (χ1) is 8.52. The van der Waals surface area contributed by atoms with Crippen LogP contribution in [0.15, 0.2) is 22.7 Å². The average Bonchev–Trinajstić information content (AvgIpc) is 2.28. The van der Waals surface area contributed by atoms with Crippen molar-refractivity contribution in [1.82, 2.24) is 5.32 Å². The van der Waals surface area contributed by atoms with Crippen LogP contribution >= 0.6 is 27.5 Å². The van der Waals surface area contributed by atoms with Crippen molar-refractivity contribution in [2.24, 2.45) is 5.92 Å². The number of hydrogen-bond acceptors (Lipinski definition) is 2. The minimum absolute atomic E-state index is 0.183. The Balaban J connectivity index is 2.45. The Labute approximate surface area is 123 Å². The van der Waals surface area contributed by atoms with Gasteiger partial charge in [0.15, 0.2) is 0 Å². The number of ether oxygens (including phenoxy) is 1. The summed E-state index contributed by atoms with van der Waals surface area (Å²) in [5.41, 5.74) is 1.14. The molecule has 0 spiro atoms. The highest BCUT2D eigenvalue weighted by Gasteiger charge is 2.08. The number of rotatable bonds is 7. The van der Waals surface area contributed by atoms with Gasteiger partial charge in [-0.3, -0.25) is 0 Å². The highest BCUT2D eigenvalue weighted by atomic mass is 79.9. The number of alkyl halides is 1. The molecule has 0 aromatic heterocycles. The van der Waals surface area contributed by atoms with Crippen molar-refractivity contribution in [1.29, 1.82) is 0 Å². The zero-order chi connectivity index (χ0) is 13.5. The Bertz CT molecular complexity index is 371. The monoisotopic (exact) mass is 333 g/mol. The zero-order valence-electron chi connectivity index (χ0n) is 11.2. The van der Waals surface area contributed by atoms with Crippen molar-refractivity contribution >= 4 is 27.5 Å². The van der Waals surface area contributed by atoms with Gasteiger partial charge in [0.1, 0.15) is 5.75 Å². The lowest BCUT2D eigenvalue weighted by atomic mass is 10.1. The van der Waals surface area contributed by atoms with E-state index >= 15 is 0 Å². The summed E-state index contributed by atoms with van der Waals surface area (Å²) < 4.78 is 6.39. The Kier molecular flexibility index (Phi) is 7.05. The fourth-order valence-electron chi connectivity index (χ4n) is 1.84. The van der Waals surface area contributed by atoms with Gasteiger partial charge in [-0.05, 0) is 30.5 Å². The van der Waals surface area contributed by atoms with E-state index in [1.807, 2.05) is 12.1 Å². The summed E-state index contributed by atoms with van der Waals surface area (Å²) >= 11 is 9.71. The first kappa shape index (κ1) is 15.8. The zero-order valence-corrected chi connectivity index (χ0v) is 13.5. The molecule has 1 atom stereocenters. The molecule has 1 unspecified atom stereocenters. The van der Waals surface area contributed by atoms with E-state index in [1.54, 1.807) is 7.11 Å². The topological polar surface area (TPSA) is 21.3 Å². The van der Waals surface area contributed by atoms with Crippen LogP contribution in [0.25, 0.3) is 0 Å². The molecule has 102 valence electrons. The summed E-state index contributed by atoms with van der Waals surface area (Å²) in [7, 11) is 1.69. The Morgan fingerprint density at radius 2 is 2.11 bits per heavy atom. The van der Waals surface area contributed by atoms with E-state index in [-0.39, 0.29) is 5.38 Å².